The molecule has 3 rings (SSSR count). The number of halogens is 1. The van der Waals surface area contributed by atoms with Crippen LogP contribution in [-0.4, -0.2) is 66.5 Å². The summed E-state index contributed by atoms with van der Waals surface area (Å²) < 4.78 is 31.9. The van der Waals surface area contributed by atoms with Crippen LogP contribution in [0, 0.1) is 0 Å². The summed E-state index contributed by atoms with van der Waals surface area (Å²) in [6.07, 6.45) is 0.214. The predicted molar refractivity (Wildman–Crippen MR) is 99.9 cm³/mol. The zero-order chi connectivity index (χ0) is 20.0. The Bertz CT molecular complexity index is 715. The molecule has 2 fully saturated rings. The van der Waals surface area contributed by atoms with Gasteiger partial charge in [-0.3, -0.25) is 4.79 Å². The van der Waals surface area contributed by atoms with Gasteiger partial charge in [-0.1, -0.05) is 0 Å². The van der Waals surface area contributed by atoms with Crippen LogP contribution in [0.2, 0.25) is 0 Å². The number of amides is 1. The number of rotatable bonds is 4. The van der Waals surface area contributed by atoms with Gasteiger partial charge >= 0.3 is 7.12 Å². The van der Waals surface area contributed by atoms with E-state index in [0.29, 0.717) is 18.4 Å². The zero-order valence-electron chi connectivity index (χ0n) is 16.5. The van der Waals surface area contributed by atoms with Crippen molar-refractivity contribution in [2.75, 3.05) is 20.1 Å². The van der Waals surface area contributed by atoms with Gasteiger partial charge in [0.1, 0.15) is 17.8 Å². The molecule has 2 atom stereocenters. The smallest absolute Gasteiger partial charge is 0.471 e. The number of piperidine rings is 1. The Labute approximate surface area is 159 Å². The van der Waals surface area contributed by atoms with Crippen molar-refractivity contribution >= 4 is 18.5 Å². The van der Waals surface area contributed by atoms with Crippen LogP contribution in [0.15, 0.2) is 12.3 Å². The average molecular weight is 379 g/mol. The normalized spacial score (nSPS) is 27.6. The topological polar surface area (TPSA) is 86.9 Å². The Kier molecular flexibility index (Phi) is 5.22. The number of hydrogen-bond acceptors (Lipinski definition) is 6. The van der Waals surface area contributed by atoms with Gasteiger partial charge in [0.15, 0.2) is 0 Å². The number of carbonyl (C=O) groups excluding carboxylic acids is 1. The quantitative estimate of drug-likeness (QED) is 0.783. The van der Waals surface area contributed by atoms with Gasteiger partial charge in [0.25, 0.3) is 5.91 Å². The van der Waals surface area contributed by atoms with Gasteiger partial charge in [-0.2, -0.15) is 0 Å². The fraction of sp³-hybridized carbons (Fsp3) is 0.667. The highest BCUT2D eigenvalue weighted by Gasteiger charge is 2.52. The molecule has 0 unspecified atom stereocenters. The lowest BCUT2D eigenvalue weighted by molar-refractivity contribution is 0.00578. The Hall–Kier alpha value is -1.71. The number of aromatic nitrogens is 1. The maximum Gasteiger partial charge on any atom is 0.496 e. The van der Waals surface area contributed by atoms with E-state index < -0.39 is 36.5 Å². The van der Waals surface area contributed by atoms with Gasteiger partial charge in [-0.15, -0.1) is 0 Å². The number of alkyl halides is 1. The molecule has 7 nitrogen and oxygen atoms in total. The molecular formula is C18H27BFN3O4. The molecule has 2 N–H and O–H groups in total. The summed E-state index contributed by atoms with van der Waals surface area (Å²) >= 11 is 0. The lowest BCUT2D eigenvalue weighted by Gasteiger charge is -2.32. The Morgan fingerprint density at radius 3 is 2.56 bits per heavy atom. The molecule has 2 aliphatic rings. The third-order valence-electron chi connectivity index (χ3n) is 5.61. The summed E-state index contributed by atoms with van der Waals surface area (Å²) in [5, 5.41) is 0. The summed E-state index contributed by atoms with van der Waals surface area (Å²) in [5.74, 6) is -0.654. The third kappa shape index (κ3) is 3.95. The molecule has 0 aromatic carbocycles. The SMILES string of the molecule is CN1CC[C@H](Oc2ncc(B3OC(C)(C)C(C)(C)O3)cc2C(N)=O)[C@@H](F)C1. The highest BCUT2D eigenvalue weighted by molar-refractivity contribution is 6.62. The van der Waals surface area contributed by atoms with E-state index in [9.17, 15) is 9.18 Å². The molecule has 3 heterocycles. The average Bonchev–Trinajstić information content (AvgIpc) is 2.78. The monoisotopic (exact) mass is 379 g/mol. The number of nitrogens with zero attached hydrogens (tertiary/aromatic N) is 2. The summed E-state index contributed by atoms with van der Waals surface area (Å²) in [7, 11) is 1.18. The second-order valence-corrected chi connectivity index (χ2v) is 8.30. The highest BCUT2D eigenvalue weighted by atomic mass is 19.1. The minimum Gasteiger partial charge on any atom is -0.471 e. The van der Waals surface area contributed by atoms with E-state index in [2.05, 4.69) is 4.98 Å². The van der Waals surface area contributed by atoms with Gasteiger partial charge in [-0.05, 0) is 47.2 Å². The molecular weight excluding hydrogens is 352 g/mol. The van der Waals surface area contributed by atoms with Gasteiger partial charge in [0.05, 0.1) is 11.2 Å². The van der Waals surface area contributed by atoms with E-state index in [1.54, 1.807) is 6.07 Å². The lowest BCUT2D eigenvalue weighted by atomic mass is 9.79. The van der Waals surface area contributed by atoms with Crippen molar-refractivity contribution in [3.63, 3.8) is 0 Å². The number of nitrogens with two attached hydrogens (primary N) is 1. The van der Waals surface area contributed by atoms with Gasteiger partial charge in [0, 0.05) is 24.7 Å². The molecule has 1 aromatic rings. The van der Waals surface area contributed by atoms with Gasteiger partial charge < -0.3 is 24.7 Å². The summed E-state index contributed by atoms with van der Waals surface area (Å²) in [4.78, 5) is 18.1. The van der Waals surface area contributed by atoms with Crippen LogP contribution in [0.4, 0.5) is 4.39 Å². The summed E-state index contributed by atoms with van der Waals surface area (Å²) in [5.41, 5.74) is 5.13. The zero-order valence-corrected chi connectivity index (χ0v) is 16.5. The minimum absolute atomic E-state index is 0.0416. The molecule has 1 aromatic heterocycles. The number of likely N-dealkylation sites (tertiary alicyclic amines) is 1. The number of primary amides is 1. The number of pyridine rings is 1. The largest absolute Gasteiger partial charge is 0.496 e. The number of hydrogen-bond donors (Lipinski definition) is 1. The summed E-state index contributed by atoms with van der Waals surface area (Å²) in [6.45, 7) is 8.75. The molecule has 148 valence electrons. The molecule has 0 spiro atoms. The first-order chi connectivity index (χ1) is 12.5. The number of ether oxygens (including phenoxy) is 1. The standard InChI is InChI=1S/C18H27BFN3O4/c1-17(2)18(3,4)27-19(26-17)11-8-12(15(21)24)16(22-9-11)25-14-6-7-23(5)10-13(14)20/h8-9,13-14H,6-7,10H2,1-5H3,(H2,21,24)/t13-,14-/m0/s1. The van der Waals surface area contributed by atoms with Gasteiger partial charge in [-0.25, -0.2) is 9.37 Å². The van der Waals surface area contributed by atoms with Crippen LogP contribution in [0.25, 0.3) is 0 Å². The Morgan fingerprint density at radius 1 is 1.37 bits per heavy atom. The van der Waals surface area contributed by atoms with E-state index in [-0.39, 0.29) is 18.0 Å². The van der Waals surface area contributed by atoms with Crippen LogP contribution < -0.4 is 15.9 Å². The first-order valence-corrected chi connectivity index (χ1v) is 9.15. The first kappa shape index (κ1) is 20.0. The second kappa shape index (κ2) is 7.03. The molecule has 2 aliphatic heterocycles. The van der Waals surface area contributed by atoms with Crippen LogP contribution in [0.3, 0.4) is 0 Å². The molecule has 2 saturated heterocycles. The molecule has 27 heavy (non-hydrogen) atoms. The fourth-order valence-electron chi connectivity index (χ4n) is 3.16. The second-order valence-electron chi connectivity index (χ2n) is 8.30. The lowest BCUT2D eigenvalue weighted by Crippen LogP contribution is -2.45. The van der Waals surface area contributed by atoms with Crippen molar-refractivity contribution in [3.05, 3.63) is 17.8 Å². The predicted octanol–water partition coefficient (Wildman–Crippen LogP) is 0.901. The fourth-order valence-corrected chi connectivity index (χ4v) is 3.16. The Balaban J connectivity index is 1.83. The highest BCUT2D eigenvalue weighted by Crippen LogP contribution is 2.36. The number of carbonyl (C=O) groups is 1. The first-order valence-electron chi connectivity index (χ1n) is 9.15. The minimum atomic E-state index is -1.16. The molecule has 1 amide bonds. The van der Waals surface area contributed by atoms with E-state index in [0.717, 1.165) is 0 Å². The summed E-state index contributed by atoms with van der Waals surface area (Å²) in [6, 6.07) is 1.55. The molecule has 0 aliphatic carbocycles. The van der Waals surface area contributed by atoms with Crippen molar-refractivity contribution in [3.8, 4) is 5.88 Å². The van der Waals surface area contributed by atoms with Crippen molar-refractivity contribution in [1.82, 2.24) is 9.88 Å². The van der Waals surface area contributed by atoms with Crippen molar-refractivity contribution in [2.45, 2.75) is 57.6 Å². The van der Waals surface area contributed by atoms with Crippen molar-refractivity contribution in [2.24, 2.45) is 5.73 Å². The van der Waals surface area contributed by atoms with Crippen LogP contribution in [0.1, 0.15) is 44.5 Å². The van der Waals surface area contributed by atoms with Crippen molar-refractivity contribution < 1.29 is 23.2 Å². The van der Waals surface area contributed by atoms with Crippen LogP contribution >= 0.6 is 0 Å². The third-order valence-corrected chi connectivity index (χ3v) is 5.61. The molecule has 0 bridgehead atoms. The maximum atomic E-state index is 14.3. The maximum absolute atomic E-state index is 14.3. The van der Waals surface area contributed by atoms with Crippen LogP contribution in [0.5, 0.6) is 5.88 Å². The van der Waals surface area contributed by atoms with E-state index in [1.807, 2.05) is 39.6 Å². The molecule has 0 saturated carbocycles. The van der Waals surface area contributed by atoms with Crippen molar-refractivity contribution in [1.29, 1.82) is 0 Å². The van der Waals surface area contributed by atoms with E-state index in [1.165, 1.54) is 6.20 Å². The molecule has 0 radical (unpaired) electrons. The van der Waals surface area contributed by atoms with Crippen LogP contribution in [-0.2, 0) is 9.31 Å². The van der Waals surface area contributed by atoms with E-state index >= 15 is 0 Å². The molecule has 9 heteroatoms. The van der Waals surface area contributed by atoms with E-state index in [4.69, 9.17) is 19.8 Å². The Morgan fingerprint density at radius 2 is 2.00 bits per heavy atom. The van der Waals surface area contributed by atoms with Gasteiger partial charge in [0.2, 0.25) is 5.88 Å².